The van der Waals surface area contributed by atoms with E-state index in [1.807, 2.05) is 30.0 Å². The summed E-state index contributed by atoms with van der Waals surface area (Å²) in [5.74, 6) is 0.156. The summed E-state index contributed by atoms with van der Waals surface area (Å²) in [5, 5.41) is 1.72. The Morgan fingerprint density at radius 1 is 1.00 bits per heavy atom. The molecule has 1 aliphatic heterocycles. The van der Waals surface area contributed by atoms with Crippen LogP contribution in [0.15, 0.2) is 53.3 Å². The number of aromatic nitrogens is 1. The summed E-state index contributed by atoms with van der Waals surface area (Å²) in [6, 6.07) is 16.2. The van der Waals surface area contributed by atoms with Gasteiger partial charge in [0.15, 0.2) is 0 Å². The van der Waals surface area contributed by atoms with E-state index < -0.39 is 0 Å². The van der Waals surface area contributed by atoms with Crippen LogP contribution in [0.5, 0.6) is 0 Å². The van der Waals surface area contributed by atoms with Crippen LogP contribution in [0.1, 0.15) is 18.1 Å². The van der Waals surface area contributed by atoms with Crippen LogP contribution in [0, 0.1) is 6.92 Å². The Morgan fingerprint density at radius 3 is 2.39 bits per heavy atom. The number of nitrogens with zero attached hydrogens (tertiary/aromatic N) is 2. The van der Waals surface area contributed by atoms with Gasteiger partial charge in [-0.3, -0.25) is 14.5 Å². The number of amides is 1. The fraction of sp³-hybridized carbons (Fsp3) is 0.304. The second kappa shape index (κ2) is 7.60. The fourth-order valence-corrected chi connectivity index (χ4v) is 3.86. The lowest BCUT2D eigenvalue weighted by Gasteiger charge is -2.34. The molecule has 2 aromatic carbocycles. The number of pyridine rings is 1. The van der Waals surface area contributed by atoms with Gasteiger partial charge in [0.05, 0.1) is 0 Å². The number of nitrogens with one attached hydrogen (secondary N) is 1. The van der Waals surface area contributed by atoms with E-state index in [0.29, 0.717) is 0 Å². The Hall–Kier alpha value is -2.92. The van der Waals surface area contributed by atoms with Crippen molar-refractivity contribution in [3.05, 3.63) is 70.0 Å². The van der Waals surface area contributed by atoms with E-state index in [1.54, 1.807) is 6.92 Å². The van der Waals surface area contributed by atoms with Gasteiger partial charge in [0.1, 0.15) is 0 Å². The zero-order valence-electron chi connectivity index (χ0n) is 16.4. The molecule has 4 rings (SSSR count). The van der Waals surface area contributed by atoms with E-state index in [9.17, 15) is 9.59 Å². The average molecular weight is 375 g/mol. The largest absolute Gasteiger partial charge is 0.340 e. The highest BCUT2D eigenvalue weighted by Gasteiger charge is 2.18. The van der Waals surface area contributed by atoms with Crippen molar-refractivity contribution < 1.29 is 4.79 Å². The van der Waals surface area contributed by atoms with Gasteiger partial charge in [0, 0.05) is 50.7 Å². The molecule has 0 unspecified atom stereocenters. The summed E-state index contributed by atoms with van der Waals surface area (Å²) in [4.78, 5) is 31.2. The highest BCUT2D eigenvalue weighted by molar-refractivity contribution is 5.87. The van der Waals surface area contributed by atoms with Gasteiger partial charge in [0.25, 0.3) is 5.56 Å². The summed E-state index contributed by atoms with van der Waals surface area (Å²) in [6.07, 6.45) is 0. The molecule has 1 aliphatic rings. The SMILES string of the molecule is CC(=O)N1CCN(Cc2ccc(-c3cc4c(C)cccc4c(=O)[nH]3)cc2)CC1. The molecular weight excluding hydrogens is 350 g/mol. The number of hydrogen-bond acceptors (Lipinski definition) is 3. The minimum Gasteiger partial charge on any atom is -0.340 e. The molecular formula is C23H25N3O2. The van der Waals surface area contributed by atoms with Crippen LogP contribution in [-0.2, 0) is 11.3 Å². The molecule has 2 heterocycles. The first-order valence-corrected chi connectivity index (χ1v) is 9.71. The molecule has 1 amide bonds. The predicted octanol–water partition coefficient (Wildman–Crippen LogP) is 3.17. The summed E-state index contributed by atoms with van der Waals surface area (Å²) < 4.78 is 0. The van der Waals surface area contributed by atoms with Crippen LogP contribution in [0.3, 0.4) is 0 Å². The first-order valence-electron chi connectivity index (χ1n) is 9.71. The number of carbonyl (C=O) groups is 1. The molecule has 0 atom stereocenters. The lowest BCUT2D eigenvalue weighted by Crippen LogP contribution is -2.47. The van der Waals surface area contributed by atoms with Gasteiger partial charge in [-0.05, 0) is 41.1 Å². The molecule has 0 aliphatic carbocycles. The van der Waals surface area contributed by atoms with Crippen LogP contribution in [0.2, 0.25) is 0 Å². The Kier molecular flexibility index (Phi) is 5.01. The number of rotatable bonds is 3. The van der Waals surface area contributed by atoms with Crippen molar-refractivity contribution in [2.45, 2.75) is 20.4 Å². The normalized spacial score (nSPS) is 15.1. The Balaban J connectivity index is 1.51. The van der Waals surface area contributed by atoms with Gasteiger partial charge in [-0.1, -0.05) is 36.4 Å². The number of aryl methyl sites for hydroxylation is 1. The van der Waals surface area contributed by atoms with Crippen molar-refractivity contribution in [2.24, 2.45) is 0 Å². The van der Waals surface area contributed by atoms with Crippen molar-refractivity contribution >= 4 is 16.7 Å². The van der Waals surface area contributed by atoms with Gasteiger partial charge in [0.2, 0.25) is 5.91 Å². The standard InChI is InChI=1S/C23H25N3O2/c1-16-4-3-5-20-21(16)14-22(24-23(20)28)19-8-6-18(7-9-19)15-25-10-12-26(13-11-25)17(2)27/h3-9,14H,10-13,15H2,1-2H3,(H,24,28). The highest BCUT2D eigenvalue weighted by atomic mass is 16.2. The summed E-state index contributed by atoms with van der Waals surface area (Å²) >= 11 is 0. The predicted molar refractivity (Wildman–Crippen MR) is 112 cm³/mol. The topological polar surface area (TPSA) is 56.4 Å². The molecule has 5 heteroatoms. The molecule has 0 spiro atoms. The van der Waals surface area contributed by atoms with E-state index in [4.69, 9.17) is 0 Å². The zero-order valence-corrected chi connectivity index (χ0v) is 16.4. The summed E-state index contributed by atoms with van der Waals surface area (Å²) in [6.45, 7) is 7.93. The van der Waals surface area contributed by atoms with E-state index >= 15 is 0 Å². The third-order valence-corrected chi connectivity index (χ3v) is 5.59. The van der Waals surface area contributed by atoms with Crippen molar-refractivity contribution in [1.82, 2.24) is 14.8 Å². The molecule has 5 nitrogen and oxygen atoms in total. The first-order chi connectivity index (χ1) is 13.5. The van der Waals surface area contributed by atoms with Gasteiger partial charge in [-0.25, -0.2) is 0 Å². The van der Waals surface area contributed by atoms with E-state index in [-0.39, 0.29) is 11.5 Å². The monoisotopic (exact) mass is 375 g/mol. The number of benzene rings is 2. The molecule has 28 heavy (non-hydrogen) atoms. The van der Waals surface area contributed by atoms with Gasteiger partial charge >= 0.3 is 0 Å². The summed E-state index contributed by atoms with van der Waals surface area (Å²) in [7, 11) is 0. The Bertz CT molecular complexity index is 1060. The molecule has 0 bridgehead atoms. The Labute approximate surface area is 164 Å². The van der Waals surface area contributed by atoms with Gasteiger partial charge < -0.3 is 9.88 Å². The lowest BCUT2D eigenvalue weighted by atomic mass is 10.0. The van der Waals surface area contributed by atoms with Crippen molar-refractivity contribution in [3.8, 4) is 11.3 Å². The third kappa shape index (κ3) is 3.71. The van der Waals surface area contributed by atoms with E-state index in [1.165, 1.54) is 5.56 Å². The molecule has 1 fully saturated rings. The van der Waals surface area contributed by atoms with Crippen LogP contribution in [0.4, 0.5) is 0 Å². The third-order valence-electron chi connectivity index (χ3n) is 5.59. The quantitative estimate of drug-likeness (QED) is 0.765. The second-order valence-corrected chi connectivity index (χ2v) is 7.53. The number of piperazine rings is 1. The number of H-pyrrole nitrogens is 1. The van der Waals surface area contributed by atoms with E-state index in [0.717, 1.165) is 60.3 Å². The fourth-order valence-electron chi connectivity index (χ4n) is 3.86. The maximum Gasteiger partial charge on any atom is 0.256 e. The number of carbonyl (C=O) groups excluding carboxylic acids is 1. The van der Waals surface area contributed by atoms with Crippen molar-refractivity contribution in [1.29, 1.82) is 0 Å². The molecule has 0 saturated carbocycles. The van der Waals surface area contributed by atoms with Crippen molar-refractivity contribution in [3.63, 3.8) is 0 Å². The van der Waals surface area contributed by atoms with Gasteiger partial charge in [-0.2, -0.15) is 0 Å². The zero-order chi connectivity index (χ0) is 19.7. The maximum absolute atomic E-state index is 12.4. The Morgan fingerprint density at radius 2 is 1.71 bits per heavy atom. The molecule has 144 valence electrons. The molecule has 1 saturated heterocycles. The number of fused-ring (bicyclic) bond motifs is 1. The van der Waals surface area contributed by atoms with Crippen LogP contribution >= 0.6 is 0 Å². The average Bonchev–Trinajstić information content (AvgIpc) is 2.70. The van der Waals surface area contributed by atoms with Crippen molar-refractivity contribution in [2.75, 3.05) is 26.2 Å². The van der Waals surface area contributed by atoms with E-state index in [2.05, 4.69) is 40.2 Å². The molecule has 0 radical (unpaired) electrons. The van der Waals surface area contributed by atoms with Crippen LogP contribution in [-0.4, -0.2) is 46.9 Å². The lowest BCUT2D eigenvalue weighted by molar-refractivity contribution is -0.130. The minimum atomic E-state index is -0.0522. The first kappa shape index (κ1) is 18.4. The van der Waals surface area contributed by atoms with Crippen LogP contribution < -0.4 is 5.56 Å². The molecule has 3 aromatic rings. The smallest absolute Gasteiger partial charge is 0.256 e. The number of aromatic amines is 1. The summed E-state index contributed by atoms with van der Waals surface area (Å²) in [5.41, 5.74) is 4.13. The molecule has 1 aromatic heterocycles. The maximum atomic E-state index is 12.4. The number of hydrogen-bond donors (Lipinski definition) is 1. The van der Waals surface area contributed by atoms with Crippen LogP contribution in [0.25, 0.3) is 22.0 Å². The minimum absolute atomic E-state index is 0.0522. The van der Waals surface area contributed by atoms with Gasteiger partial charge in [-0.15, -0.1) is 0 Å². The highest BCUT2D eigenvalue weighted by Crippen LogP contribution is 2.23. The second-order valence-electron chi connectivity index (χ2n) is 7.53. The molecule has 1 N–H and O–H groups in total.